The van der Waals surface area contributed by atoms with Crippen LogP contribution in [-0.2, 0) is 11.2 Å². The molecule has 0 N–H and O–H groups in total. The number of benzene rings is 2. The highest BCUT2D eigenvalue weighted by Crippen LogP contribution is 2.28. The number of amides is 1. The Kier molecular flexibility index (Phi) is 4.28. The summed E-state index contributed by atoms with van der Waals surface area (Å²) in [5.74, 6) is 1.57. The van der Waals surface area contributed by atoms with Crippen LogP contribution in [0, 0.1) is 0 Å². The SMILES string of the molecule is O=C(Cc1cccc2ccccc12)N1CCC(c2nnc3ccccn23)CC1. The van der Waals surface area contributed by atoms with E-state index in [1.54, 1.807) is 0 Å². The van der Waals surface area contributed by atoms with Crippen LogP contribution in [-0.4, -0.2) is 38.5 Å². The molecular weight excluding hydrogens is 348 g/mol. The van der Waals surface area contributed by atoms with Gasteiger partial charge in [0.05, 0.1) is 6.42 Å². The van der Waals surface area contributed by atoms with Gasteiger partial charge in [-0.3, -0.25) is 9.20 Å². The smallest absolute Gasteiger partial charge is 0.227 e. The number of piperidine rings is 1. The largest absolute Gasteiger partial charge is 0.342 e. The first-order valence-electron chi connectivity index (χ1n) is 9.84. The molecule has 0 spiro atoms. The Morgan fingerprint density at radius 1 is 0.929 bits per heavy atom. The van der Waals surface area contributed by atoms with Crippen LogP contribution in [0.5, 0.6) is 0 Å². The van der Waals surface area contributed by atoms with Crippen molar-refractivity contribution in [2.45, 2.75) is 25.2 Å². The lowest BCUT2D eigenvalue weighted by molar-refractivity contribution is -0.131. The summed E-state index contributed by atoms with van der Waals surface area (Å²) >= 11 is 0. The van der Waals surface area contributed by atoms with Crippen LogP contribution in [0.3, 0.4) is 0 Å². The molecule has 0 unspecified atom stereocenters. The average molecular weight is 370 g/mol. The first-order chi connectivity index (χ1) is 13.8. The van der Waals surface area contributed by atoms with E-state index in [1.807, 2.05) is 47.5 Å². The fourth-order valence-corrected chi connectivity index (χ4v) is 4.25. The van der Waals surface area contributed by atoms with Gasteiger partial charge in [0.2, 0.25) is 5.91 Å². The van der Waals surface area contributed by atoms with E-state index >= 15 is 0 Å². The maximum atomic E-state index is 12.9. The van der Waals surface area contributed by atoms with Gasteiger partial charge < -0.3 is 4.90 Å². The third kappa shape index (κ3) is 3.03. The Bertz CT molecular complexity index is 1140. The highest BCUT2D eigenvalue weighted by molar-refractivity contribution is 5.90. The van der Waals surface area contributed by atoms with E-state index in [4.69, 9.17) is 0 Å². The Labute approximate surface area is 163 Å². The standard InChI is InChI=1S/C23H22N4O/c28-22(16-19-8-5-7-17-6-1-2-9-20(17)19)26-14-11-18(12-15-26)23-25-24-21-10-3-4-13-27(21)23/h1-10,13,18H,11-12,14-16H2. The molecule has 5 nitrogen and oxygen atoms in total. The molecule has 1 fully saturated rings. The predicted molar refractivity (Wildman–Crippen MR) is 109 cm³/mol. The van der Waals surface area contributed by atoms with E-state index < -0.39 is 0 Å². The van der Waals surface area contributed by atoms with E-state index in [1.165, 1.54) is 10.8 Å². The number of likely N-dealkylation sites (tertiary alicyclic amines) is 1. The van der Waals surface area contributed by atoms with Gasteiger partial charge in [-0.1, -0.05) is 48.5 Å². The normalized spacial score (nSPS) is 15.4. The maximum absolute atomic E-state index is 12.9. The lowest BCUT2D eigenvalue weighted by Gasteiger charge is -2.31. The highest BCUT2D eigenvalue weighted by Gasteiger charge is 2.27. The zero-order valence-electron chi connectivity index (χ0n) is 15.7. The fraction of sp³-hybridized carbons (Fsp3) is 0.261. The Hall–Kier alpha value is -3.21. The predicted octanol–water partition coefficient (Wildman–Crippen LogP) is 3.83. The molecule has 28 heavy (non-hydrogen) atoms. The Morgan fingerprint density at radius 3 is 2.61 bits per heavy atom. The first kappa shape index (κ1) is 16.9. The monoisotopic (exact) mass is 370 g/mol. The minimum Gasteiger partial charge on any atom is -0.342 e. The fourth-order valence-electron chi connectivity index (χ4n) is 4.25. The van der Waals surface area contributed by atoms with Gasteiger partial charge in [0, 0.05) is 25.2 Å². The van der Waals surface area contributed by atoms with Crippen LogP contribution in [0.1, 0.15) is 30.1 Å². The second-order valence-electron chi connectivity index (χ2n) is 7.46. The van der Waals surface area contributed by atoms with Crippen molar-refractivity contribution in [2.75, 3.05) is 13.1 Å². The number of carbonyl (C=O) groups excluding carboxylic acids is 1. The summed E-state index contributed by atoms with van der Waals surface area (Å²) in [6.07, 6.45) is 4.33. The van der Waals surface area contributed by atoms with Crippen LogP contribution in [0.4, 0.5) is 0 Å². The van der Waals surface area contributed by atoms with Crippen molar-refractivity contribution in [1.82, 2.24) is 19.5 Å². The molecule has 1 aliphatic heterocycles. The van der Waals surface area contributed by atoms with E-state index in [0.29, 0.717) is 12.3 Å². The van der Waals surface area contributed by atoms with Gasteiger partial charge in [0.15, 0.2) is 5.65 Å². The van der Waals surface area contributed by atoms with Crippen LogP contribution in [0.25, 0.3) is 16.4 Å². The van der Waals surface area contributed by atoms with Crippen LogP contribution in [0.15, 0.2) is 66.9 Å². The van der Waals surface area contributed by atoms with Crippen LogP contribution >= 0.6 is 0 Å². The summed E-state index contributed by atoms with van der Waals surface area (Å²) in [6.45, 7) is 1.55. The number of pyridine rings is 1. The molecule has 0 bridgehead atoms. The van der Waals surface area contributed by atoms with Gasteiger partial charge in [0.1, 0.15) is 5.82 Å². The van der Waals surface area contributed by atoms with Crippen molar-refractivity contribution in [3.8, 4) is 0 Å². The van der Waals surface area contributed by atoms with E-state index in [9.17, 15) is 4.79 Å². The number of rotatable bonds is 3. The topological polar surface area (TPSA) is 50.5 Å². The van der Waals surface area contributed by atoms with Gasteiger partial charge in [0.25, 0.3) is 0 Å². The van der Waals surface area contributed by atoms with Crippen LogP contribution < -0.4 is 0 Å². The van der Waals surface area contributed by atoms with Gasteiger partial charge in [-0.15, -0.1) is 10.2 Å². The minimum absolute atomic E-state index is 0.209. The van der Waals surface area contributed by atoms with E-state index in [2.05, 4.69) is 38.9 Å². The van der Waals surface area contributed by atoms with E-state index in [-0.39, 0.29) is 5.91 Å². The zero-order valence-corrected chi connectivity index (χ0v) is 15.7. The molecular formula is C23H22N4O. The third-order valence-corrected chi connectivity index (χ3v) is 5.77. The highest BCUT2D eigenvalue weighted by atomic mass is 16.2. The van der Waals surface area contributed by atoms with Gasteiger partial charge in [-0.2, -0.15) is 0 Å². The summed E-state index contributed by atoms with van der Waals surface area (Å²) in [4.78, 5) is 14.9. The molecule has 140 valence electrons. The zero-order chi connectivity index (χ0) is 18.9. The molecule has 1 saturated heterocycles. The summed E-state index contributed by atoms with van der Waals surface area (Å²) in [5.41, 5.74) is 1.99. The van der Waals surface area contributed by atoms with Crippen molar-refractivity contribution in [2.24, 2.45) is 0 Å². The Morgan fingerprint density at radius 2 is 1.71 bits per heavy atom. The van der Waals surface area contributed by atoms with Gasteiger partial charge in [-0.05, 0) is 41.3 Å². The molecule has 1 aliphatic rings. The van der Waals surface area contributed by atoms with Crippen molar-refractivity contribution in [1.29, 1.82) is 0 Å². The second-order valence-corrected chi connectivity index (χ2v) is 7.46. The Balaban J connectivity index is 1.28. The molecule has 5 heteroatoms. The molecule has 1 amide bonds. The molecule has 0 radical (unpaired) electrons. The third-order valence-electron chi connectivity index (χ3n) is 5.77. The van der Waals surface area contributed by atoms with E-state index in [0.717, 1.165) is 43.0 Å². The average Bonchev–Trinajstić information content (AvgIpc) is 3.18. The molecule has 4 aromatic rings. The second kappa shape index (κ2) is 7.08. The van der Waals surface area contributed by atoms with Crippen LogP contribution in [0.2, 0.25) is 0 Å². The van der Waals surface area contributed by atoms with Crippen molar-refractivity contribution < 1.29 is 4.79 Å². The summed E-state index contributed by atoms with van der Waals surface area (Å²) < 4.78 is 2.07. The van der Waals surface area contributed by atoms with Gasteiger partial charge in [-0.25, -0.2) is 0 Å². The lowest BCUT2D eigenvalue weighted by atomic mass is 9.95. The van der Waals surface area contributed by atoms with Crippen molar-refractivity contribution in [3.63, 3.8) is 0 Å². The number of hydrogen-bond acceptors (Lipinski definition) is 3. The molecule has 0 aliphatic carbocycles. The number of carbonyl (C=O) groups is 1. The number of nitrogens with zero attached hydrogens (tertiary/aromatic N) is 4. The lowest BCUT2D eigenvalue weighted by Crippen LogP contribution is -2.39. The molecule has 0 saturated carbocycles. The molecule has 2 aromatic carbocycles. The van der Waals surface area contributed by atoms with Gasteiger partial charge >= 0.3 is 0 Å². The summed E-state index contributed by atoms with van der Waals surface area (Å²) in [5, 5.41) is 11.0. The number of hydrogen-bond donors (Lipinski definition) is 0. The minimum atomic E-state index is 0.209. The summed E-state index contributed by atoms with van der Waals surface area (Å²) in [7, 11) is 0. The molecule has 2 aromatic heterocycles. The number of aromatic nitrogens is 3. The van der Waals surface area contributed by atoms with Crippen molar-refractivity contribution >= 4 is 22.3 Å². The first-order valence-corrected chi connectivity index (χ1v) is 9.84. The van der Waals surface area contributed by atoms with Crippen molar-refractivity contribution in [3.05, 3.63) is 78.2 Å². The number of fused-ring (bicyclic) bond motifs is 2. The molecule has 3 heterocycles. The molecule has 5 rings (SSSR count). The summed E-state index contributed by atoms with van der Waals surface area (Å²) in [6, 6.07) is 20.4. The molecule has 0 atom stereocenters. The maximum Gasteiger partial charge on any atom is 0.227 e. The quantitative estimate of drug-likeness (QED) is 0.551.